The molecule has 1 amide bonds. The third kappa shape index (κ3) is 38.0. The molecule has 0 aromatic heterocycles. The van der Waals surface area contributed by atoms with Crippen LogP contribution >= 0.6 is 0 Å². The largest absolute Gasteiger partial charge is 0.465 e. The molecule has 0 radical (unpaired) electrons. The second kappa shape index (κ2) is 46.6. The van der Waals surface area contributed by atoms with Crippen molar-refractivity contribution in [2.45, 2.75) is 285 Å². The molecule has 1 N–H and O–H groups in total. The van der Waals surface area contributed by atoms with Gasteiger partial charge in [0.2, 0.25) is 5.91 Å². The number of hydrogen-bond acceptors (Lipinski definition) is 6. The van der Waals surface area contributed by atoms with Gasteiger partial charge in [0.1, 0.15) is 6.61 Å². The van der Waals surface area contributed by atoms with Crippen molar-refractivity contribution >= 4 is 17.8 Å². The van der Waals surface area contributed by atoms with Gasteiger partial charge in [-0.2, -0.15) is 0 Å². The van der Waals surface area contributed by atoms with Crippen LogP contribution in [0.25, 0.3) is 0 Å². The lowest BCUT2D eigenvalue weighted by Gasteiger charge is -2.35. The van der Waals surface area contributed by atoms with E-state index >= 15 is 0 Å². The third-order valence-corrected chi connectivity index (χ3v) is 13.3. The highest BCUT2D eigenvalue weighted by Crippen LogP contribution is 2.25. The second-order valence-corrected chi connectivity index (χ2v) is 19.3. The Morgan fingerprint density at radius 2 is 0.968 bits per heavy atom. The summed E-state index contributed by atoms with van der Waals surface area (Å²) in [5, 5.41) is 3.24. The molecule has 0 aliphatic rings. The molecule has 3 atom stereocenters. The molecule has 0 heterocycles. The highest BCUT2D eigenvalue weighted by Gasteiger charge is 2.25. The SMILES string of the molecule is CCC/C=C(\CCCCCC)COC(=O)CCCCCCCCC(CCCCCCCCC(=O)OCC(CCCC)CCCCCC)N(CC(CC)CCCC)C(=O)CCCNC. The maximum Gasteiger partial charge on any atom is 0.306 e. The van der Waals surface area contributed by atoms with Gasteiger partial charge >= 0.3 is 11.9 Å². The molecule has 0 aromatic carbocycles. The first-order valence-electron chi connectivity index (χ1n) is 27.7. The average molecular weight is 889 g/mol. The molecule has 0 fully saturated rings. The van der Waals surface area contributed by atoms with Crippen molar-refractivity contribution in [3.63, 3.8) is 0 Å². The number of nitrogens with one attached hydrogen (secondary N) is 1. The van der Waals surface area contributed by atoms with Crippen molar-refractivity contribution in [2.24, 2.45) is 11.8 Å². The molecule has 0 aliphatic heterocycles. The molecule has 0 rings (SSSR count). The van der Waals surface area contributed by atoms with E-state index in [9.17, 15) is 14.4 Å². The number of esters is 2. The second-order valence-electron chi connectivity index (χ2n) is 19.3. The summed E-state index contributed by atoms with van der Waals surface area (Å²) in [5.41, 5.74) is 1.30. The van der Waals surface area contributed by atoms with Crippen molar-refractivity contribution in [3.8, 4) is 0 Å². The number of carbonyl (C=O) groups excluding carboxylic acids is 3. The number of rotatable bonds is 48. The van der Waals surface area contributed by atoms with Gasteiger partial charge in [-0.05, 0) is 102 Å². The van der Waals surface area contributed by atoms with E-state index in [0.717, 1.165) is 109 Å². The smallest absolute Gasteiger partial charge is 0.306 e. The van der Waals surface area contributed by atoms with Crippen LogP contribution in [-0.2, 0) is 23.9 Å². The molecule has 0 bridgehead atoms. The average Bonchev–Trinajstić information content (AvgIpc) is 3.29. The number of nitrogens with zero attached hydrogens (tertiary/aromatic N) is 1. The first kappa shape index (κ1) is 61.1. The van der Waals surface area contributed by atoms with Gasteiger partial charge in [-0.3, -0.25) is 14.4 Å². The van der Waals surface area contributed by atoms with E-state index in [1.165, 1.54) is 128 Å². The van der Waals surface area contributed by atoms with Crippen molar-refractivity contribution in [1.29, 1.82) is 0 Å². The summed E-state index contributed by atoms with van der Waals surface area (Å²) in [5.74, 6) is 1.38. The molecule has 0 saturated heterocycles. The highest BCUT2D eigenvalue weighted by atomic mass is 16.5. The molecule has 0 saturated carbocycles. The van der Waals surface area contributed by atoms with Gasteiger partial charge in [-0.1, -0.05) is 195 Å². The minimum Gasteiger partial charge on any atom is -0.465 e. The Bertz CT molecular complexity index is 1060. The van der Waals surface area contributed by atoms with E-state index in [1.54, 1.807) is 0 Å². The minimum absolute atomic E-state index is 0.00973. The van der Waals surface area contributed by atoms with Crippen molar-refractivity contribution in [1.82, 2.24) is 10.2 Å². The van der Waals surface area contributed by atoms with Gasteiger partial charge in [0.05, 0.1) is 6.61 Å². The summed E-state index contributed by atoms with van der Waals surface area (Å²) in [6.45, 7) is 16.4. The monoisotopic (exact) mass is 889 g/mol. The van der Waals surface area contributed by atoms with Gasteiger partial charge in [-0.15, -0.1) is 0 Å². The van der Waals surface area contributed by atoms with E-state index in [-0.39, 0.29) is 11.9 Å². The van der Waals surface area contributed by atoms with Gasteiger partial charge in [-0.25, -0.2) is 0 Å². The number of ether oxygens (including phenoxy) is 2. The quantitative estimate of drug-likeness (QED) is 0.0372. The zero-order valence-electron chi connectivity index (χ0n) is 43.3. The first-order valence-corrected chi connectivity index (χ1v) is 27.7. The lowest BCUT2D eigenvalue weighted by atomic mass is 9.94. The summed E-state index contributed by atoms with van der Waals surface area (Å²) in [6, 6.07) is 0.308. The van der Waals surface area contributed by atoms with E-state index < -0.39 is 0 Å². The summed E-state index contributed by atoms with van der Waals surface area (Å²) in [6.07, 6.45) is 43.2. The van der Waals surface area contributed by atoms with Crippen LogP contribution < -0.4 is 5.32 Å². The predicted octanol–water partition coefficient (Wildman–Crippen LogP) is 16.2. The van der Waals surface area contributed by atoms with Crippen molar-refractivity contribution in [2.75, 3.05) is 33.4 Å². The minimum atomic E-state index is -0.0489. The standard InChI is InChI=1S/C56H108N2O5/c1-8-14-19-29-39-51(37-17-11-4)48-62-55(60)44-33-27-23-21-25-31-41-53(58(54(59)43-35-46-57-7)47-50(13-6)36-16-10-3)42-32-26-22-24-28-34-45-56(61)63-49-52(38-18-12-5)40-30-20-15-9-2/h37,50,52-53,57H,8-36,38-49H2,1-7H3/b51-37+. The predicted molar refractivity (Wildman–Crippen MR) is 271 cm³/mol. The lowest BCUT2D eigenvalue weighted by molar-refractivity contribution is -0.145. The number of allylic oxidation sites excluding steroid dienone is 1. The fraction of sp³-hybridized carbons (Fsp3) is 0.911. The third-order valence-electron chi connectivity index (χ3n) is 13.3. The Labute approximate surface area is 392 Å². The van der Waals surface area contributed by atoms with Crippen LogP contribution in [0.2, 0.25) is 0 Å². The molecule has 0 aliphatic carbocycles. The highest BCUT2D eigenvalue weighted by molar-refractivity contribution is 5.76. The van der Waals surface area contributed by atoms with Crippen LogP contribution in [0.3, 0.4) is 0 Å². The van der Waals surface area contributed by atoms with E-state index in [0.29, 0.717) is 56.3 Å². The molecule has 7 heteroatoms. The summed E-state index contributed by atoms with van der Waals surface area (Å²) in [4.78, 5) is 41.4. The van der Waals surface area contributed by atoms with Crippen LogP contribution in [0.1, 0.15) is 279 Å². The van der Waals surface area contributed by atoms with Crippen molar-refractivity contribution in [3.05, 3.63) is 11.6 Å². The molecular formula is C56H108N2O5. The van der Waals surface area contributed by atoms with E-state index in [1.807, 2.05) is 7.05 Å². The van der Waals surface area contributed by atoms with Gasteiger partial charge in [0, 0.05) is 31.8 Å². The van der Waals surface area contributed by atoms with Crippen molar-refractivity contribution < 1.29 is 23.9 Å². The lowest BCUT2D eigenvalue weighted by Crippen LogP contribution is -2.43. The Morgan fingerprint density at radius 3 is 1.52 bits per heavy atom. The summed E-state index contributed by atoms with van der Waals surface area (Å²) in [7, 11) is 1.97. The molecule has 7 nitrogen and oxygen atoms in total. The molecule has 372 valence electrons. The molecular weight excluding hydrogens is 781 g/mol. The fourth-order valence-electron chi connectivity index (χ4n) is 8.93. The van der Waals surface area contributed by atoms with Crippen LogP contribution in [-0.4, -0.2) is 62.1 Å². The Balaban J connectivity index is 5.01. The van der Waals surface area contributed by atoms with Gasteiger partial charge in [0.15, 0.2) is 0 Å². The van der Waals surface area contributed by atoms with E-state index in [2.05, 4.69) is 57.8 Å². The molecule has 3 unspecified atom stereocenters. The van der Waals surface area contributed by atoms with Gasteiger partial charge in [0.25, 0.3) is 0 Å². The molecule has 63 heavy (non-hydrogen) atoms. The summed E-state index contributed by atoms with van der Waals surface area (Å²) < 4.78 is 11.5. The zero-order chi connectivity index (χ0) is 46.4. The summed E-state index contributed by atoms with van der Waals surface area (Å²) >= 11 is 0. The fourth-order valence-corrected chi connectivity index (χ4v) is 8.93. The van der Waals surface area contributed by atoms with E-state index in [4.69, 9.17) is 9.47 Å². The normalized spacial score (nSPS) is 13.2. The van der Waals surface area contributed by atoms with Crippen LogP contribution in [0.15, 0.2) is 11.6 Å². The molecule has 0 spiro atoms. The number of hydrogen-bond donors (Lipinski definition) is 1. The number of amides is 1. The number of unbranched alkanes of at least 4 members (excludes halogenated alkanes) is 19. The maximum atomic E-state index is 13.9. The first-order chi connectivity index (χ1) is 30.8. The Morgan fingerprint density at radius 1 is 0.492 bits per heavy atom. The Hall–Kier alpha value is -1.89. The number of carbonyl (C=O) groups is 3. The van der Waals surface area contributed by atoms with Crippen LogP contribution in [0.4, 0.5) is 0 Å². The zero-order valence-corrected chi connectivity index (χ0v) is 43.3. The van der Waals surface area contributed by atoms with Crippen LogP contribution in [0, 0.1) is 11.8 Å². The topological polar surface area (TPSA) is 84.9 Å². The van der Waals surface area contributed by atoms with Gasteiger partial charge < -0.3 is 19.7 Å². The van der Waals surface area contributed by atoms with Crippen LogP contribution in [0.5, 0.6) is 0 Å². The Kier molecular flexibility index (Phi) is 45.2. The maximum absolute atomic E-state index is 13.9. The molecule has 0 aromatic rings.